The van der Waals surface area contributed by atoms with Gasteiger partial charge in [-0.2, -0.15) is 5.10 Å². The number of nitrogens with zero attached hydrogens (tertiary/aromatic N) is 1. The van der Waals surface area contributed by atoms with Gasteiger partial charge in [-0.25, -0.2) is 9.82 Å². The van der Waals surface area contributed by atoms with Gasteiger partial charge in [0.15, 0.2) is 6.10 Å². The Bertz CT molecular complexity index is 1580. The Morgan fingerprint density at radius 2 is 1.54 bits per heavy atom. The number of carbonyl (C=O) groups excluding carboxylic acids is 1. The topological polar surface area (TPSA) is 59.9 Å². The lowest BCUT2D eigenvalue weighted by Crippen LogP contribution is -2.33. The fraction of sp³-hybridized carbons (Fsp3) is 0.0909. The summed E-state index contributed by atoms with van der Waals surface area (Å²) in [5.74, 6) is 0.508. The van der Waals surface area contributed by atoms with Gasteiger partial charge in [0.2, 0.25) is 0 Å². The van der Waals surface area contributed by atoms with Crippen LogP contribution in [0.3, 0.4) is 0 Å². The number of hydrazone groups is 1. The Kier molecular flexibility index (Phi) is 7.93. The molecule has 1 N–H and O–H groups in total. The minimum atomic E-state index is -0.758. The van der Waals surface area contributed by atoms with E-state index in [0.29, 0.717) is 11.5 Å². The predicted molar refractivity (Wildman–Crippen MR) is 152 cm³/mol. The van der Waals surface area contributed by atoms with Crippen molar-refractivity contribution in [2.45, 2.75) is 19.6 Å². The molecule has 0 aliphatic heterocycles. The van der Waals surface area contributed by atoms with Crippen molar-refractivity contribution in [1.29, 1.82) is 0 Å². The summed E-state index contributed by atoms with van der Waals surface area (Å²) in [5.41, 5.74) is 6.30. The van der Waals surface area contributed by atoms with E-state index in [2.05, 4.69) is 10.5 Å². The molecule has 0 spiro atoms. The van der Waals surface area contributed by atoms with Gasteiger partial charge in [0.25, 0.3) is 5.91 Å². The van der Waals surface area contributed by atoms with Gasteiger partial charge < -0.3 is 9.47 Å². The lowest BCUT2D eigenvalue weighted by Gasteiger charge is -2.14. The van der Waals surface area contributed by atoms with Crippen LogP contribution < -0.4 is 14.9 Å². The van der Waals surface area contributed by atoms with E-state index in [1.54, 1.807) is 25.3 Å². The summed E-state index contributed by atoms with van der Waals surface area (Å²) in [6.45, 7) is 1.94. The fourth-order valence-electron chi connectivity index (χ4n) is 4.14. The number of fused-ring (bicyclic) bond motifs is 1. The number of nitrogens with one attached hydrogen (secondary N) is 1. The molecule has 0 heterocycles. The Labute approximate surface area is 226 Å². The van der Waals surface area contributed by atoms with Gasteiger partial charge in [0.1, 0.15) is 23.9 Å². The number of carbonyl (C=O) groups is 1. The average molecular weight is 519 g/mol. The summed E-state index contributed by atoms with van der Waals surface area (Å²) in [4.78, 5) is 12.7. The molecule has 0 aliphatic rings. The van der Waals surface area contributed by atoms with E-state index in [9.17, 15) is 9.18 Å². The summed E-state index contributed by atoms with van der Waals surface area (Å²) in [5, 5.41) is 6.14. The van der Waals surface area contributed by atoms with Crippen LogP contribution >= 0.6 is 0 Å². The van der Waals surface area contributed by atoms with Crippen LogP contribution in [-0.4, -0.2) is 18.2 Å². The molecule has 1 amide bonds. The molecule has 6 heteroatoms. The SMILES string of the molecule is CC(Oc1ccc(-c2ccccc2)cc1)C(=O)N/N=C/c1c(OCc2ccc(F)cc2)ccc2ccccc12. The first-order chi connectivity index (χ1) is 19.1. The molecule has 1 atom stereocenters. The van der Waals surface area contributed by atoms with Gasteiger partial charge in [0, 0.05) is 5.56 Å². The number of rotatable bonds is 9. The fourth-order valence-corrected chi connectivity index (χ4v) is 4.14. The Morgan fingerprint density at radius 3 is 2.31 bits per heavy atom. The van der Waals surface area contributed by atoms with Crippen LogP contribution in [0.1, 0.15) is 18.1 Å². The molecule has 5 rings (SSSR count). The van der Waals surface area contributed by atoms with E-state index in [1.165, 1.54) is 12.1 Å². The highest BCUT2D eigenvalue weighted by atomic mass is 19.1. The van der Waals surface area contributed by atoms with Crippen LogP contribution in [0.4, 0.5) is 4.39 Å². The second-order valence-corrected chi connectivity index (χ2v) is 9.00. The molecule has 39 heavy (non-hydrogen) atoms. The maximum atomic E-state index is 13.3. The number of halogens is 1. The molecule has 0 fully saturated rings. The van der Waals surface area contributed by atoms with E-state index in [-0.39, 0.29) is 18.3 Å². The largest absolute Gasteiger partial charge is 0.488 e. The number of hydrogen-bond donors (Lipinski definition) is 1. The molecule has 0 saturated heterocycles. The van der Waals surface area contributed by atoms with Crippen molar-refractivity contribution in [2.24, 2.45) is 5.10 Å². The number of hydrogen-bond acceptors (Lipinski definition) is 4. The third-order valence-corrected chi connectivity index (χ3v) is 6.25. The maximum absolute atomic E-state index is 13.3. The minimum Gasteiger partial charge on any atom is -0.488 e. The van der Waals surface area contributed by atoms with Gasteiger partial charge in [-0.3, -0.25) is 4.79 Å². The Morgan fingerprint density at radius 1 is 0.846 bits per heavy atom. The lowest BCUT2D eigenvalue weighted by atomic mass is 10.0. The van der Waals surface area contributed by atoms with Crippen LogP contribution in [0.15, 0.2) is 120 Å². The molecule has 5 aromatic rings. The summed E-state index contributed by atoms with van der Waals surface area (Å²) < 4.78 is 25.1. The normalized spacial score (nSPS) is 11.8. The van der Waals surface area contributed by atoms with Crippen molar-refractivity contribution >= 4 is 22.9 Å². The van der Waals surface area contributed by atoms with Gasteiger partial charge >= 0.3 is 0 Å². The summed E-state index contributed by atoms with van der Waals surface area (Å²) in [6, 6.07) is 35.5. The molecule has 1 unspecified atom stereocenters. The van der Waals surface area contributed by atoms with Crippen LogP contribution in [0.25, 0.3) is 21.9 Å². The standard InChI is InChI=1S/C33H27FN2O3/c1-23(39-29-18-13-26(14-19-29)25-7-3-2-4-8-25)33(37)36-35-21-31-30-10-6-5-9-27(30)15-20-32(31)38-22-24-11-16-28(34)17-12-24/h2-21,23H,22H2,1H3,(H,36,37)/b35-21+. The zero-order valence-electron chi connectivity index (χ0n) is 21.4. The van der Waals surface area contributed by atoms with Crippen molar-refractivity contribution in [3.05, 3.63) is 132 Å². The third-order valence-electron chi connectivity index (χ3n) is 6.25. The quantitative estimate of drug-likeness (QED) is 0.167. The zero-order chi connectivity index (χ0) is 27.0. The van der Waals surface area contributed by atoms with E-state index in [0.717, 1.165) is 33.0 Å². The molecule has 0 bridgehead atoms. The molecular weight excluding hydrogens is 491 g/mol. The van der Waals surface area contributed by atoms with Crippen LogP contribution in [0.5, 0.6) is 11.5 Å². The maximum Gasteiger partial charge on any atom is 0.280 e. The van der Waals surface area contributed by atoms with E-state index in [1.807, 2.05) is 91.0 Å². The van der Waals surface area contributed by atoms with Crippen molar-refractivity contribution in [1.82, 2.24) is 5.43 Å². The van der Waals surface area contributed by atoms with E-state index >= 15 is 0 Å². The first-order valence-electron chi connectivity index (χ1n) is 12.6. The van der Waals surface area contributed by atoms with Crippen LogP contribution in [-0.2, 0) is 11.4 Å². The smallest absolute Gasteiger partial charge is 0.280 e. The summed E-state index contributed by atoms with van der Waals surface area (Å²) in [7, 11) is 0. The van der Waals surface area contributed by atoms with E-state index < -0.39 is 6.10 Å². The Hall–Kier alpha value is -4.97. The Balaban J connectivity index is 1.25. The van der Waals surface area contributed by atoms with Crippen molar-refractivity contribution < 1.29 is 18.7 Å². The highest BCUT2D eigenvalue weighted by molar-refractivity contribution is 6.02. The minimum absolute atomic E-state index is 0.264. The molecular formula is C33H27FN2O3. The predicted octanol–water partition coefficient (Wildman–Crippen LogP) is 7.14. The van der Waals surface area contributed by atoms with Crippen LogP contribution in [0, 0.1) is 5.82 Å². The third kappa shape index (κ3) is 6.48. The van der Waals surface area contributed by atoms with Gasteiger partial charge in [0.05, 0.1) is 6.21 Å². The summed E-state index contributed by atoms with van der Waals surface area (Å²) in [6.07, 6.45) is 0.813. The van der Waals surface area contributed by atoms with E-state index in [4.69, 9.17) is 9.47 Å². The molecule has 5 aromatic carbocycles. The number of benzene rings is 5. The number of ether oxygens (including phenoxy) is 2. The van der Waals surface area contributed by atoms with Gasteiger partial charge in [-0.1, -0.05) is 84.9 Å². The van der Waals surface area contributed by atoms with Gasteiger partial charge in [-0.15, -0.1) is 0 Å². The van der Waals surface area contributed by atoms with Crippen molar-refractivity contribution in [3.8, 4) is 22.6 Å². The molecule has 194 valence electrons. The lowest BCUT2D eigenvalue weighted by molar-refractivity contribution is -0.127. The number of amides is 1. The first-order valence-corrected chi connectivity index (χ1v) is 12.6. The molecule has 0 radical (unpaired) electrons. The monoisotopic (exact) mass is 518 g/mol. The highest BCUT2D eigenvalue weighted by Crippen LogP contribution is 2.28. The molecule has 5 nitrogen and oxygen atoms in total. The first kappa shape index (κ1) is 25.7. The zero-order valence-corrected chi connectivity index (χ0v) is 21.4. The summed E-state index contributed by atoms with van der Waals surface area (Å²) >= 11 is 0. The second-order valence-electron chi connectivity index (χ2n) is 9.00. The molecule has 0 aromatic heterocycles. The molecule has 0 aliphatic carbocycles. The van der Waals surface area contributed by atoms with Gasteiger partial charge in [-0.05, 0) is 64.7 Å². The second kappa shape index (κ2) is 12.0. The average Bonchev–Trinajstić information content (AvgIpc) is 2.98. The van der Waals surface area contributed by atoms with Crippen molar-refractivity contribution in [3.63, 3.8) is 0 Å². The molecule has 0 saturated carbocycles. The highest BCUT2D eigenvalue weighted by Gasteiger charge is 2.14. The van der Waals surface area contributed by atoms with Crippen molar-refractivity contribution in [2.75, 3.05) is 0 Å². The van der Waals surface area contributed by atoms with Crippen LogP contribution in [0.2, 0.25) is 0 Å².